The largest absolute Gasteiger partial charge is 0.423 e. The first-order valence-corrected chi connectivity index (χ1v) is 4.78. The Morgan fingerprint density at radius 2 is 2.00 bits per heavy atom. The van der Waals surface area contributed by atoms with E-state index >= 15 is 0 Å². The second-order valence-electron chi connectivity index (χ2n) is 3.17. The minimum absolute atomic E-state index is 0.0788. The van der Waals surface area contributed by atoms with E-state index in [4.69, 9.17) is 16.0 Å². The fraction of sp³-hybridized carbons (Fsp3) is 0.182. The number of hydrogen-bond acceptors (Lipinski definition) is 2. The van der Waals surface area contributed by atoms with Crippen LogP contribution in [-0.4, -0.2) is 0 Å². The quantitative estimate of drug-likeness (QED) is 0.533. The van der Waals surface area contributed by atoms with Gasteiger partial charge in [-0.1, -0.05) is 12.1 Å². The van der Waals surface area contributed by atoms with E-state index in [-0.39, 0.29) is 11.0 Å². The minimum Gasteiger partial charge on any atom is -0.423 e. The summed E-state index contributed by atoms with van der Waals surface area (Å²) in [5.74, 6) is 0. The molecule has 0 fully saturated rings. The van der Waals surface area contributed by atoms with Crippen LogP contribution in [0, 0.1) is 0 Å². The number of rotatable bonds is 1. The average Bonchev–Trinajstić information content (AvgIpc) is 2.16. The molecule has 0 radical (unpaired) electrons. The van der Waals surface area contributed by atoms with Crippen molar-refractivity contribution in [3.63, 3.8) is 0 Å². The first-order chi connectivity index (χ1) is 6.66. The van der Waals surface area contributed by atoms with Crippen molar-refractivity contribution in [3.8, 4) is 0 Å². The van der Waals surface area contributed by atoms with Crippen LogP contribution in [0.4, 0.5) is 0 Å². The van der Waals surface area contributed by atoms with Gasteiger partial charge in [-0.25, -0.2) is 4.79 Å². The summed E-state index contributed by atoms with van der Waals surface area (Å²) in [6, 6.07) is 8.77. The Kier molecular flexibility index (Phi) is 2.30. The summed E-state index contributed by atoms with van der Waals surface area (Å²) >= 11 is 5.92. The number of benzene rings is 1. The summed E-state index contributed by atoms with van der Waals surface area (Å²) in [5.41, 5.74) is 1.20. The first kappa shape index (κ1) is 9.28. The Morgan fingerprint density at radius 1 is 1.29 bits per heavy atom. The van der Waals surface area contributed by atoms with E-state index < -0.39 is 0 Å². The number of halogens is 1. The van der Waals surface area contributed by atoms with Crippen LogP contribution in [0.2, 0.25) is 0 Å². The van der Waals surface area contributed by atoms with Gasteiger partial charge >= 0.3 is 5.63 Å². The zero-order chi connectivity index (χ0) is 10.1. The minimum atomic E-state index is -0.336. The Morgan fingerprint density at radius 3 is 2.71 bits per heavy atom. The molecule has 0 N–H and O–H groups in total. The second kappa shape index (κ2) is 3.46. The van der Waals surface area contributed by atoms with Gasteiger partial charge in [0.05, 0.1) is 5.38 Å². The maximum absolute atomic E-state index is 11.0. The maximum atomic E-state index is 11.0. The Bertz CT molecular complexity index is 514. The highest BCUT2D eigenvalue weighted by atomic mass is 35.5. The molecular formula is C11H9ClO2. The van der Waals surface area contributed by atoms with E-state index in [0.717, 1.165) is 10.9 Å². The summed E-state index contributed by atoms with van der Waals surface area (Å²) < 4.78 is 5.04. The molecule has 0 aliphatic rings. The predicted molar refractivity (Wildman–Crippen MR) is 56.8 cm³/mol. The molecule has 1 aromatic carbocycles. The van der Waals surface area contributed by atoms with E-state index in [1.165, 1.54) is 6.07 Å². The van der Waals surface area contributed by atoms with Gasteiger partial charge in [-0.3, -0.25) is 0 Å². The van der Waals surface area contributed by atoms with E-state index in [1.54, 1.807) is 12.1 Å². The van der Waals surface area contributed by atoms with Crippen LogP contribution in [0.25, 0.3) is 11.0 Å². The second-order valence-corrected chi connectivity index (χ2v) is 3.82. The van der Waals surface area contributed by atoms with Gasteiger partial charge in [-0.2, -0.15) is 0 Å². The number of fused-ring (bicyclic) bond motifs is 1. The highest BCUT2D eigenvalue weighted by Gasteiger charge is 2.03. The molecule has 0 spiro atoms. The third kappa shape index (κ3) is 1.66. The summed E-state index contributed by atoms with van der Waals surface area (Å²) in [7, 11) is 0. The molecule has 0 amide bonds. The fourth-order valence-electron chi connectivity index (χ4n) is 1.32. The van der Waals surface area contributed by atoms with Crippen LogP contribution in [0.15, 0.2) is 39.5 Å². The van der Waals surface area contributed by atoms with Gasteiger partial charge in [0.15, 0.2) is 0 Å². The third-order valence-corrected chi connectivity index (χ3v) is 2.36. The molecule has 2 aromatic rings. The summed E-state index contributed by atoms with van der Waals surface area (Å²) in [6.07, 6.45) is 0. The summed E-state index contributed by atoms with van der Waals surface area (Å²) in [5, 5.41) is 0.829. The lowest BCUT2D eigenvalue weighted by Gasteiger charge is -2.03. The molecule has 0 aliphatic carbocycles. The van der Waals surface area contributed by atoms with Gasteiger partial charge in [0.2, 0.25) is 0 Å². The topological polar surface area (TPSA) is 30.2 Å². The van der Waals surface area contributed by atoms with Crippen molar-refractivity contribution in [1.82, 2.24) is 0 Å². The van der Waals surface area contributed by atoms with Gasteiger partial charge in [-0.05, 0) is 24.6 Å². The molecule has 2 nitrogen and oxygen atoms in total. The van der Waals surface area contributed by atoms with Gasteiger partial charge in [0.1, 0.15) is 5.58 Å². The van der Waals surface area contributed by atoms with E-state index in [2.05, 4.69) is 0 Å². The number of alkyl halides is 1. The van der Waals surface area contributed by atoms with Crippen molar-refractivity contribution in [2.75, 3.05) is 0 Å². The van der Waals surface area contributed by atoms with Crippen LogP contribution in [0.5, 0.6) is 0 Å². The van der Waals surface area contributed by atoms with Crippen molar-refractivity contribution in [3.05, 3.63) is 46.3 Å². The Labute approximate surface area is 86.1 Å². The lowest BCUT2D eigenvalue weighted by Crippen LogP contribution is -1.95. The molecule has 72 valence electrons. The number of hydrogen-bond donors (Lipinski definition) is 0. The lowest BCUT2D eigenvalue weighted by atomic mass is 10.1. The SMILES string of the molecule is CC(Cl)c1ccc2ccc(=O)oc2c1. The maximum Gasteiger partial charge on any atom is 0.336 e. The molecule has 1 aromatic heterocycles. The van der Waals surface area contributed by atoms with Crippen LogP contribution < -0.4 is 5.63 Å². The van der Waals surface area contributed by atoms with E-state index in [1.807, 2.05) is 19.1 Å². The molecule has 3 heteroatoms. The summed E-state index contributed by atoms with van der Waals surface area (Å²) in [6.45, 7) is 1.88. The Balaban J connectivity index is 2.69. The van der Waals surface area contributed by atoms with Crippen LogP contribution in [0.1, 0.15) is 17.9 Å². The smallest absolute Gasteiger partial charge is 0.336 e. The molecular weight excluding hydrogens is 200 g/mol. The molecule has 1 atom stereocenters. The molecule has 1 heterocycles. The first-order valence-electron chi connectivity index (χ1n) is 4.35. The lowest BCUT2D eigenvalue weighted by molar-refractivity contribution is 0.560. The molecule has 0 saturated heterocycles. The molecule has 1 unspecified atom stereocenters. The van der Waals surface area contributed by atoms with Gasteiger partial charge in [-0.15, -0.1) is 11.6 Å². The fourth-order valence-corrected chi connectivity index (χ4v) is 1.46. The molecule has 0 saturated carbocycles. The average molecular weight is 209 g/mol. The zero-order valence-electron chi connectivity index (χ0n) is 7.66. The Hall–Kier alpha value is -1.28. The van der Waals surface area contributed by atoms with Gasteiger partial charge in [0.25, 0.3) is 0 Å². The highest BCUT2D eigenvalue weighted by Crippen LogP contribution is 2.23. The third-order valence-electron chi connectivity index (χ3n) is 2.11. The van der Waals surface area contributed by atoms with Crippen LogP contribution in [0.3, 0.4) is 0 Å². The van der Waals surface area contributed by atoms with Gasteiger partial charge < -0.3 is 4.42 Å². The van der Waals surface area contributed by atoms with E-state index in [9.17, 15) is 4.79 Å². The van der Waals surface area contributed by atoms with Crippen LogP contribution in [-0.2, 0) is 0 Å². The standard InChI is InChI=1S/C11H9ClO2/c1-7(12)9-3-2-8-4-5-11(13)14-10(8)6-9/h2-7H,1H3. The van der Waals surface area contributed by atoms with E-state index in [0.29, 0.717) is 5.58 Å². The monoisotopic (exact) mass is 208 g/mol. The summed E-state index contributed by atoms with van der Waals surface area (Å²) in [4.78, 5) is 11.0. The van der Waals surface area contributed by atoms with Crippen molar-refractivity contribution in [1.29, 1.82) is 0 Å². The molecule has 2 rings (SSSR count). The van der Waals surface area contributed by atoms with Crippen molar-refractivity contribution in [2.24, 2.45) is 0 Å². The van der Waals surface area contributed by atoms with Gasteiger partial charge in [0, 0.05) is 11.5 Å². The molecule has 0 aliphatic heterocycles. The van der Waals surface area contributed by atoms with Crippen LogP contribution >= 0.6 is 11.6 Å². The normalized spacial score (nSPS) is 13.0. The van der Waals surface area contributed by atoms with Crippen molar-refractivity contribution < 1.29 is 4.42 Å². The highest BCUT2D eigenvalue weighted by molar-refractivity contribution is 6.20. The predicted octanol–water partition coefficient (Wildman–Crippen LogP) is 3.09. The molecule has 0 bridgehead atoms. The van der Waals surface area contributed by atoms with Crippen molar-refractivity contribution in [2.45, 2.75) is 12.3 Å². The molecule has 14 heavy (non-hydrogen) atoms. The zero-order valence-corrected chi connectivity index (χ0v) is 8.41. The van der Waals surface area contributed by atoms with Crippen molar-refractivity contribution >= 4 is 22.6 Å².